The first-order chi connectivity index (χ1) is 11.5. The summed E-state index contributed by atoms with van der Waals surface area (Å²) < 4.78 is 12.1. The van der Waals surface area contributed by atoms with Gasteiger partial charge in [-0.3, -0.25) is 4.79 Å². The molecule has 1 N–H and O–H groups in total. The molecule has 3 rings (SSSR count). The molecule has 2 heterocycles. The Morgan fingerprint density at radius 2 is 2.17 bits per heavy atom. The molecule has 0 fully saturated rings. The molecule has 2 aromatic heterocycles. The van der Waals surface area contributed by atoms with E-state index < -0.39 is 0 Å². The third-order valence-corrected chi connectivity index (χ3v) is 3.98. The van der Waals surface area contributed by atoms with Crippen molar-refractivity contribution in [3.05, 3.63) is 58.4 Å². The van der Waals surface area contributed by atoms with Gasteiger partial charge in [0.05, 0.1) is 10.6 Å². The Balaban J connectivity index is 1.74. The van der Waals surface area contributed by atoms with Crippen molar-refractivity contribution < 1.29 is 13.9 Å². The van der Waals surface area contributed by atoms with Gasteiger partial charge in [-0.1, -0.05) is 18.2 Å². The number of furan rings is 1. The van der Waals surface area contributed by atoms with Gasteiger partial charge in [-0.2, -0.15) is 0 Å². The molecule has 0 aliphatic rings. The first kappa shape index (κ1) is 16.5. The predicted molar refractivity (Wildman–Crippen MR) is 95.1 cm³/mol. The van der Waals surface area contributed by atoms with Gasteiger partial charge in [0.2, 0.25) is 5.88 Å². The van der Waals surface area contributed by atoms with Crippen molar-refractivity contribution in [3.8, 4) is 5.88 Å². The summed E-state index contributed by atoms with van der Waals surface area (Å²) in [7, 11) is 0. The fraction of sp³-hybridized carbons (Fsp3) is 0.222. The second-order valence-corrected chi connectivity index (χ2v) is 6.44. The Labute approximate surface area is 148 Å². The van der Waals surface area contributed by atoms with E-state index in [1.54, 1.807) is 12.3 Å². The molecule has 0 bridgehead atoms. The minimum Gasteiger partial charge on any atom is -0.475 e. The van der Waals surface area contributed by atoms with Gasteiger partial charge in [0.25, 0.3) is 5.91 Å². The number of amides is 1. The minimum atomic E-state index is -0.280. The van der Waals surface area contributed by atoms with Crippen LogP contribution in [0.2, 0.25) is 0 Å². The second-order valence-electron chi connectivity index (χ2n) is 5.59. The van der Waals surface area contributed by atoms with Crippen LogP contribution in [0.5, 0.6) is 5.88 Å². The number of pyridine rings is 1. The lowest BCUT2D eigenvalue weighted by molar-refractivity contribution is 0.0925. The van der Waals surface area contributed by atoms with Gasteiger partial charge >= 0.3 is 0 Å². The highest BCUT2D eigenvalue weighted by atomic mass is 79.9. The standard InChI is InChI=1S/C18H17BrN2O3/c1-11(2)23-18-13(6-4-8-20-18)10-21-17(22)15-9-12-5-3-7-14(19)16(12)24-15/h3-9,11H,10H2,1-2H3,(H,21,22). The van der Waals surface area contributed by atoms with Crippen LogP contribution in [-0.4, -0.2) is 17.0 Å². The zero-order chi connectivity index (χ0) is 17.1. The first-order valence-corrected chi connectivity index (χ1v) is 8.40. The molecule has 0 spiro atoms. The maximum absolute atomic E-state index is 12.4. The molecule has 0 aliphatic carbocycles. The van der Waals surface area contributed by atoms with Crippen LogP contribution in [0.25, 0.3) is 11.0 Å². The number of ether oxygens (including phenoxy) is 1. The highest BCUT2D eigenvalue weighted by molar-refractivity contribution is 9.10. The largest absolute Gasteiger partial charge is 0.475 e. The molecule has 0 aliphatic heterocycles. The number of para-hydroxylation sites is 1. The lowest BCUT2D eigenvalue weighted by Gasteiger charge is -2.12. The first-order valence-electron chi connectivity index (χ1n) is 7.61. The minimum absolute atomic E-state index is 0.0158. The van der Waals surface area contributed by atoms with Crippen LogP contribution in [0.1, 0.15) is 30.0 Å². The quantitative estimate of drug-likeness (QED) is 0.707. The molecule has 24 heavy (non-hydrogen) atoms. The van der Waals surface area contributed by atoms with Crippen molar-refractivity contribution in [1.82, 2.24) is 10.3 Å². The molecule has 1 aromatic carbocycles. The topological polar surface area (TPSA) is 64.4 Å². The number of fused-ring (bicyclic) bond motifs is 1. The Morgan fingerprint density at radius 1 is 1.33 bits per heavy atom. The van der Waals surface area contributed by atoms with Crippen LogP contribution in [0.3, 0.4) is 0 Å². The molecule has 0 saturated heterocycles. The van der Waals surface area contributed by atoms with E-state index in [1.807, 2.05) is 44.2 Å². The number of carbonyl (C=O) groups is 1. The molecular weight excluding hydrogens is 372 g/mol. The number of rotatable bonds is 5. The van der Waals surface area contributed by atoms with Gasteiger partial charge in [-0.15, -0.1) is 0 Å². The fourth-order valence-corrected chi connectivity index (χ4v) is 2.75. The van der Waals surface area contributed by atoms with Crippen molar-refractivity contribution in [3.63, 3.8) is 0 Å². The van der Waals surface area contributed by atoms with Crippen molar-refractivity contribution in [1.29, 1.82) is 0 Å². The lowest BCUT2D eigenvalue weighted by Crippen LogP contribution is -2.23. The molecule has 0 atom stereocenters. The van der Waals surface area contributed by atoms with E-state index in [-0.39, 0.29) is 17.8 Å². The van der Waals surface area contributed by atoms with Crippen molar-refractivity contribution in [2.45, 2.75) is 26.5 Å². The van der Waals surface area contributed by atoms with E-state index in [0.717, 1.165) is 15.4 Å². The monoisotopic (exact) mass is 388 g/mol. The molecule has 0 saturated carbocycles. The normalized spacial score (nSPS) is 11.0. The van der Waals surface area contributed by atoms with E-state index in [2.05, 4.69) is 26.2 Å². The summed E-state index contributed by atoms with van der Waals surface area (Å²) >= 11 is 3.42. The third kappa shape index (κ3) is 3.59. The van der Waals surface area contributed by atoms with Crippen LogP contribution in [-0.2, 0) is 6.54 Å². The van der Waals surface area contributed by atoms with E-state index in [0.29, 0.717) is 18.0 Å². The van der Waals surface area contributed by atoms with Gasteiger partial charge in [0.1, 0.15) is 5.58 Å². The van der Waals surface area contributed by atoms with Gasteiger partial charge in [0, 0.05) is 23.7 Å². The number of hydrogen-bond donors (Lipinski definition) is 1. The molecule has 1 amide bonds. The Morgan fingerprint density at radius 3 is 2.92 bits per heavy atom. The average molecular weight is 389 g/mol. The predicted octanol–water partition coefficient (Wildman–Crippen LogP) is 4.31. The lowest BCUT2D eigenvalue weighted by atomic mass is 10.2. The van der Waals surface area contributed by atoms with Gasteiger partial charge in [-0.25, -0.2) is 4.98 Å². The maximum atomic E-state index is 12.4. The van der Waals surface area contributed by atoms with E-state index in [9.17, 15) is 4.79 Å². The Kier molecular flexibility index (Phi) is 4.85. The smallest absolute Gasteiger partial charge is 0.287 e. The number of nitrogens with one attached hydrogen (secondary N) is 1. The summed E-state index contributed by atoms with van der Waals surface area (Å²) in [5, 5.41) is 3.72. The van der Waals surface area contributed by atoms with Crippen LogP contribution in [0.4, 0.5) is 0 Å². The van der Waals surface area contributed by atoms with Crippen molar-refractivity contribution in [2.24, 2.45) is 0 Å². The third-order valence-electron chi connectivity index (χ3n) is 3.36. The van der Waals surface area contributed by atoms with Gasteiger partial charge in [-0.05, 0) is 48.0 Å². The summed E-state index contributed by atoms with van der Waals surface area (Å²) in [5.41, 5.74) is 1.48. The Hall–Kier alpha value is -2.34. The molecule has 0 unspecified atom stereocenters. The summed E-state index contributed by atoms with van der Waals surface area (Å²) in [6.07, 6.45) is 1.68. The van der Waals surface area contributed by atoms with Crippen molar-refractivity contribution in [2.75, 3.05) is 0 Å². The van der Waals surface area contributed by atoms with Crippen LogP contribution >= 0.6 is 15.9 Å². The molecule has 0 radical (unpaired) electrons. The molecule has 5 nitrogen and oxygen atoms in total. The van der Waals surface area contributed by atoms with Crippen LogP contribution < -0.4 is 10.1 Å². The highest BCUT2D eigenvalue weighted by Gasteiger charge is 2.15. The SMILES string of the molecule is CC(C)Oc1ncccc1CNC(=O)c1cc2cccc(Br)c2o1. The average Bonchev–Trinajstić information content (AvgIpc) is 2.99. The molecular formula is C18H17BrN2O3. The number of nitrogens with zero attached hydrogens (tertiary/aromatic N) is 1. The summed E-state index contributed by atoms with van der Waals surface area (Å²) in [5.74, 6) is 0.518. The number of halogens is 1. The fourth-order valence-electron chi connectivity index (χ4n) is 2.29. The van der Waals surface area contributed by atoms with Crippen LogP contribution in [0, 0.1) is 0 Å². The summed E-state index contributed by atoms with van der Waals surface area (Å²) in [4.78, 5) is 16.6. The Bertz CT molecular complexity index is 874. The van der Waals surface area contributed by atoms with Crippen LogP contribution in [0.15, 0.2) is 51.5 Å². The molecule has 3 aromatic rings. The number of benzene rings is 1. The van der Waals surface area contributed by atoms with E-state index >= 15 is 0 Å². The number of aromatic nitrogens is 1. The van der Waals surface area contributed by atoms with Gasteiger partial charge < -0.3 is 14.5 Å². The van der Waals surface area contributed by atoms with Crippen molar-refractivity contribution >= 4 is 32.8 Å². The summed E-state index contributed by atoms with van der Waals surface area (Å²) in [6, 6.07) is 11.1. The molecule has 124 valence electrons. The zero-order valence-corrected chi connectivity index (χ0v) is 15.0. The van der Waals surface area contributed by atoms with E-state index in [1.165, 1.54) is 0 Å². The summed E-state index contributed by atoms with van der Waals surface area (Å²) in [6.45, 7) is 4.18. The van der Waals surface area contributed by atoms with Gasteiger partial charge in [0.15, 0.2) is 5.76 Å². The highest BCUT2D eigenvalue weighted by Crippen LogP contribution is 2.27. The second kappa shape index (κ2) is 7.05. The van der Waals surface area contributed by atoms with E-state index in [4.69, 9.17) is 9.15 Å². The number of hydrogen-bond acceptors (Lipinski definition) is 4. The zero-order valence-electron chi connectivity index (χ0n) is 13.4. The number of carbonyl (C=O) groups excluding carboxylic acids is 1. The maximum Gasteiger partial charge on any atom is 0.287 e. The molecule has 6 heteroatoms.